The Kier molecular flexibility index (Phi) is 8.65. The molecule has 0 aromatic heterocycles. The molecule has 0 bridgehead atoms. The molecule has 4 nitrogen and oxygen atoms in total. The second-order valence-electron chi connectivity index (χ2n) is 8.01. The third-order valence-electron chi connectivity index (χ3n) is 5.79. The van der Waals surface area contributed by atoms with Crippen LogP contribution < -0.4 is 5.32 Å². The molecule has 31 heavy (non-hydrogen) atoms. The van der Waals surface area contributed by atoms with Gasteiger partial charge in [0.25, 0.3) is 0 Å². The van der Waals surface area contributed by atoms with E-state index in [1.165, 1.54) is 0 Å². The Balaban J connectivity index is 1.75. The summed E-state index contributed by atoms with van der Waals surface area (Å²) in [4.78, 5) is 27.7. The number of rotatable bonds is 8. The van der Waals surface area contributed by atoms with Crippen molar-refractivity contribution in [3.05, 3.63) is 68.7 Å². The summed E-state index contributed by atoms with van der Waals surface area (Å²) in [6, 6.07) is 12.2. The zero-order chi connectivity index (χ0) is 22.4. The largest absolute Gasteiger partial charge is 0.352 e. The fourth-order valence-corrected chi connectivity index (χ4v) is 4.59. The van der Waals surface area contributed by atoms with Gasteiger partial charge in [0.05, 0.1) is 0 Å². The van der Waals surface area contributed by atoms with Gasteiger partial charge in [-0.15, -0.1) is 0 Å². The first-order valence-corrected chi connectivity index (χ1v) is 11.8. The van der Waals surface area contributed by atoms with Crippen LogP contribution in [0, 0.1) is 0 Å². The van der Waals surface area contributed by atoms with Crippen LogP contribution in [0.4, 0.5) is 0 Å². The summed E-state index contributed by atoms with van der Waals surface area (Å²) in [5.41, 5.74) is 1.66. The lowest BCUT2D eigenvalue weighted by molar-refractivity contribution is -0.140. The Labute approximate surface area is 198 Å². The lowest BCUT2D eigenvalue weighted by Gasteiger charge is -2.30. The Bertz CT molecular complexity index is 929. The minimum Gasteiger partial charge on any atom is -0.352 e. The first-order chi connectivity index (χ1) is 14.8. The van der Waals surface area contributed by atoms with Crippen LogP contribution in [-0.2, 0) is 22.6 Å². The van der Waals surface area contributed by atoms with E-state index < -0.39 is 6.04 Å². The van der Waals surface area contributed by atoms with Gasteiger partial charge in [-0.3, -0.25) is 9.59 Å². The summed E-state index contributed by atoms with van der Waals surface area (Å²) < 4.78 is 0. The van der Waals surface area contributed by atoms with Crippen molar-refractivity contribution in [3.63, 3.8) is 0 Å². The van der Waals surface area contributed by atoms with Gasteiger partial charge < -0.3 is 10.2 Å². The van der Waals surface area contributed by atoms with Crippen molar-refractivity contribution in [2.45, 2.75) is 64.1 Å². The highest BCUT2D eigenvalue weighted by molar-refractivity contribution is 6.35. The van der Waals surface area contributed by atoms with Gasteiger partial charge in [0.1, 0.15) is 6.04 Å². The fraction of sp³-hybridized carbons (Fsp3) is 0.417. The monoisotopic (exact) mass is 480 g/mol. The molecule has 3 rings (SSSR count). The number of benzene rings is 2. The Hall–Kier alpha value is -1.75. The molecule has 2 aromatic carbocycles. The van der Waals surface area contributed by atoms with Crippen molar-refractivity contribution in [3.8, 4) is 0 Å². The van der Waals surface area contributed by atoms with Crippen LogP contribution in [0.3, 0.4) is 0 Å². The molecule has 1 aliphatic carbocycles. The summed E-state index contributed by atoms with van der Waals surface area (Å²) in [5.74, 6) is -0.261. The number of carbonyl (C=O) groups excluding carboxylic acids is 2. The molecule has 1 fully saturated rings. The standard InChI is InChI=1S/C24H27Cl3N2O2/c1-16(24(31)28-20-7-3-4-8-20)29(15-18-10-12-19(25)14-22(18)27)23(30)13-11-17-6-2-5-9-21(17)26/h2,5-6,9-10,12,14,16,20H,3-4,7-8,11,13,15H2,1H3,(H,28,31)/t16-/m0/s1. The number of halogens is 3. The minimum atomic E-state index is -0.619. The average Bonchev–Trinajstić information content (AvgIpc) is 3.25. The number of hydrogen-bond acceptors (Lipinski definition) is 2. The van der Waals surface area contributed by atoms with Crippen molar-refractivity contribution in [2.24, 2.45) is 0 Å². The molecule has 0 aliphatic heterocycles. The van der Waals surface area contributed by atoms with Crippen LogP contribution in [0.2, 0.25) is 15.1 Å². The van der Waals surface area contributed by atoms with Gasteiger partial charge in [-0.05, 0) is 55.5 Å². The van der Waals surface area contributed by atoms with Gasteiger partial charge in [-0.2, -0.15) is 0 Å². The number of carbonyl (C=O) groups is 2. The van der Waals surface area contributed by atoms with E-state index >= 15 is 0 Å². The lowest BCUT2D eigenvalue weighted by Crippen LogP contribution is -2.49. The van der Waals surface area contributed by atoms with Crippen molar-refractivity contribution < 1.29 is 9.59 Å². The number of nitrogens with one attached hydrogen (secondary N) is 1. The molecule has 1 aliphatic rings. The molecular formula is C24H27Cl3N2O2. The van der Waals surface area contributed by atoms with Gasteiger partial charge in [0.2, 0.25) is 11.8 Å². The number of aryl methyl sites for hydroxylation is 1. The predicted octanol–water partition coefficient (Wildman–Crippen LogP) is 6.06. The first-order valence-electron chi connectivity index (χ1n) is 10.6. The van der Waals surface area contributed by atoms with E-state index in [9.17, 15) is 9.59 Å². The molecule has 0 saturated heterocycles. The summed E-state index contributed by atoms with van der Waals surface area (Å²) in [5, 5.41) is 4.73. The zero-order valence-electron chi connectivity index (χ0n) is 17.5. The first kappa shape index (κ1) is 23.9. The van der Waals surface area contributed by atoms with Crippen LogP contribution >= 0.6 is 34.8 Å². The maximum Gasteiger partial charge on any atom is 0.242 e. The van der Waals surface area contributed by atoms with Crippen molar-refractivity contribution in [1.29, 1.82) is 0 Å². The second kappa shape index (κ2) is 11.2. The van der Waals surface area contributed by atoms with Gasteiger partial charge in [-0.25, -0.2) is 0 Å². The SMILES string of the molecule is C[C@@H](C(=O)NC1CCCC1)N(Cc1ccc(Cl)cc1Cl)C(=O)CCc1ccccc1Cl. The third-order valence-corrected chi connectivity index (χ3v) is 6.75. The molecule has 0 spiro atoms. The molecular weight excluding hydrogens is 455 g/mol. The maximum absolute atomic E-state index is 13.2. The van der Waals surface area contributed by atoms with Crippen molar-refractivity contribution >= 4 is 46.6 Å². The minimum absolute atomic E-state index is 0.125. The van der Waals surface area contributed by atoms with Gasteiger partial charge in [-0.1, -0.05) is 71.9 Å². The molecule has 0 heterocycles. The highest BCUT2D eigenvalue weighted by Gasteiger charge is 2.28. The highest BCUT2D eigenvalue weighted by Crippen LogP contribution is 2.25. The maximum atomic E-state index is 13.2. The fourth-order valence-electron chi connectivity index (χ4n) is 3.89. The quantitative estimate of drug-likeness (QED) is 0.498. The summed E-state index contributed by atoms with van der Waals surface area (Å²) in [6.07, 6.45) is 4.97. The van der Waals surface area contributed by atoms with Crippen LogP contribution in [-0.4, -0.2) is 28.8 Å². The zero-order valence-corrected chi connectivity index (χ0v) is 19.8. The van der Waals surface area contributed by atoms with Crippen molar-refractivity contribution in [2.75, 3.05) is 0 Å². The topological polar surface area (TPSA) is 49.4 Å². The molecule has 2 aromatic rings. The Morgan fingerprint density at radius 3 is 2.42 bits per heavy atom. The third kappa shape index (κ3) is 6.61. The molecule has 2 amide bonds. The summed E-state index contributed by atoms with van der Waals surface area (Å²) in [6.45, 7) is 2.00. The molecule has 166 valence electrons. The van der Waals surface area contributed by atoms with E-state index in [2.05, 4.69) is 5.32 Å². The normalized spacial score (nSPS) is 15.0. The smallest absolute Gasteiger partial charge is 0.242 e. The van der Waals surface area contributed by atoms with Crippen LogP contribution in [0.15, 0.2) is 42.5 Å². The molecule has 0 unspecified atom stereocenters. The van der Waals surface area contributed by atoms with Gasteiger partial charge in [0, 0.05) is 34.1 Å². The van der Waals surface area contributed by atoms with E-state index in [0.717, 1.165) is 36.8 Å². The summed E-state index contributed by atoms with van der Waals surface area (Å²) in [7, 11) is 0. The van der Waals surface area contributed by atoms with E-state index in [0.29, 0.717) is 21.5 Å². The summed E-state index contributed by atoms with van der Waals surface area (Å²) >= 11 is 18.6. The average molecular weight is 482 g/mol. The van der Waals surface area contributed by atoms with Crippen LogP contribution in [0.5, 0.6) is 0 Å². The van der Waals surface area contributed by atoms with Gasteiger partial charge in [0.15, 0.2) is 0 Å². The molecule has 7 heteroatoms. The number of nitrogens with zero attached hydrogens (tertiary/aromatic N) is 1. The molecule has 1 N–H and O–H groups in total. The Morgan fingerprint density at radius 2 is 1.74 bits per heavy atom. The molecule has 1 atom stereocenters. The van der Waals surface area contributed by atoms with E-state index in [4.69, 9.17) is 34.8 Å². The van der Waals surface area contributed by atoms with E-state index in [1.807, 2.05) is 24.3 Å². The van der Waals surface area contributed by atoms with Crippen LogP contribution in [0.25, 0.3) is 0 Å². The van der Waals surface area contributed by atoms with Gasteiger partial charge >= 0.3 is 0 Å². The lowest BCUT2D eigenvalue weighted by atomic mass is 10.1. The van der Waals surface area contributed by atoms with Crippen molar-refractivity contribution in [1.82, 2.24) is 10.2 Å². The molecule has 0 radical (unpaired) electrons. The predicted molar refractivity (Wildman–Crippen MR) is 127 cm³/mol. The van der Waals surface area contributed by atoms with E-state index in [1.54, 1.807) is 30.0 Å². The Morgan fingerprint density at radius 1 is 1.03 bits per heavy atom. The highest BCUT2D eigenvalue weighted by atomic mass is 35.5. The second-order valence-corrected chi connectivity index (χ2v) is 9.27. The van der Waals surface area contributed by atoms with E-state index in [-0.39, 0.29) is 30.8 Å². The number of amides is 2. The number of hydrogen-bond donors (Lipinski definition) is 1. The molecule has 1 saturated carbocycles. The van der Waals surface area contributed by atoms with Crippen LogP contribution in [0.1, 0.15) is 50.2 Å².